The minimum atomic E-state index is -4.01. The lowest BCUT2D eigenvalue weighted by Crippen LogP contribution is -2.23. The number of carbonyl (C=O) groups is 1. The first-order chi connectivity index (χ1) is 15.8. The number of ether oxygens (including phenoxy) is 1. The Morgan fingerprint density at radius 2 is 1.64 bits per heavy atom. The molecule has 3 aromatic carbocycles. The molecule has 33 heavy (non-hydrogen) atoms. The van der Waals surface area contributed by atoms with Crippen LogP contribution in [0.3, 0.4) is 0 Å². The van der Waals surface area contributed by atoms with E-state index in [1.54, 1.807) is 36.4 Å². The maximum absolute atomic E-state index is 13.1. The Morgan fingerprint density at radius 3 is 2.33 bits per heavy atom. The topological polar surface area (TPSA) is 84.8 Å². The minimum absolute atomic E-state index is 0.0465. The number of fused-ring (bicyclic) bond motifs is 1. The zero-order valence-corrected chi connectivity index (χ0v) is 19.4. The summed E-state index contributed by atoms with van der Waals surface area (Å²) in [6.07, 6.45) is 1.50. The van der Waals surface area contributed by atoms with E-state index in [4.69, 9.17) is 4.74 Å². The summed E-state index contributed by atoms with van der Waals surface area (Å²) in [6, 6.07) is 18.9. The molecule has 0 saturated carbocycles. The number of aryl methyl sites for hydroxylation is 2. The van der Waals surface area contributed by atoms with Gasteiger partial charge < -0.3 is 10.1 Å². The van der Waals surface area contributed by atoms with Crippen molar-refractivity contribution >= 4 is 27.2 Å². The molecular formula is C26H24N2O4S. The third kappa shape index (κ3) is 4.73. The lowest BCUT2D eigenvalue weighted by Gasteiger charge is -2.20. The summed E-state index contributed by atoms with van der Waals surface area (Å²) in [7, 11) is -4.01. The maximum atomic E-state index is 13.1. The van der Waals surface area contributed by atoms with Gasteiger partial charge in [-0.15, -0.1) is 0 Å². The van der Waals surface area contributed by atoms with Crippen LogP contribution in [0.15, 0.2) is 87.8 Å². The van der Waals surface area contributed by atoms with E-state index in [0.717, 1.165) is 16.8 Å². The van der Waals surface area contributed by atoms with Crippen LogP contribution in [0, 0.1) is 13.8 Å². The molecule has 1 aliphatic carbocycles. The van der Waals surface area contributed by atoms with Gasteiger partial charge in [0.05, 0.1) is 22.9 Å². The second-order valence-electron chi connectivity index (χ2n) is 7.73. The van der Waals surface area contributed by atoms with E-state index in [0.29, 0.717) is 23.5 Å². The number of hydrogen-bond acceptors (Lipinski definition) is 5. The molecule has 0 saturated heterocycles. The smallest absolute Gasteiger partial charge is 0.282 e. The molecule has 3 aromatic rings. The van der Waals surface area contributed by atoms with Gasteiger partial charge in [0.2, 0.25) is 5.78 Å². The van der Waals surface area contributed by atoms with Gasteiger partial charge in [-0.2, -0.15) is 12.8 Å². The van der Waals surface area contributed by atoms with Crippen molar-refractivity contribution in [2.24, 2.45) is 4.40 Å². The highest BCUT2D eigenvalue weighted by molar-refractivity contribution is 7.90. The van der Waals surface area contributed by atoms with Crippen molar-refractivity contribution in [3.8, 4) is 5.75 Å². The van der Waals surface area contributed by atoms with Crippen molar-refractivity contribution in [2.75, 3.05) is 11.9 Å². The number of rotatable bonds is 6. The van der Waals surface area contributed by atoms with Crippen LogP contribution >= 0.6 is 0 Å². The third-order valence-corrected chi connectivity index (χ3v) is 6.59. The Bertz CT molecular complexity index is 1390. The number of benzene rings is 3. The molecule has 0 spiro atoms. The molecule has 4 rings (SSSR count). The summed E-state index contributed by atoms with van der Waals surface area (Å²) < 4.78 is 35.6. The van der Waals surface area contributed by atoms with Crippen molar-refractivity contribution in [3.05, 3.63) is 101 Å². The van der Waals surface area contributed by atoms with Crippen LogP contribution in [0.4, 0.5) is 5.69 Å². The molecule has 168 valence electrons. The number of nitrogens with zero attached hydrogens (tertiary/aromatic N) is 1. The molecule has 0 amide bonds. The first-order valence-corrected chi connectivity index (χ1v) is 12.0. The van der Waals surface area contributed by atoms with E-state index in [2.05, 4.69) is 9.71 Å². The lowest BCUT2D eigenvalue weighted by molar-refractivity contribution is 0.103. The number of allylic oxidation sites excluding steroid dienone is 2. The Morgan fingerprint density at radius 1 is 0.939 bits per heavy atom. The molecule has 0 bridgehead atoms. The molecule has 7 heteroatoms. The van der Waals surface area contributed by atoms with E-state index < -0.39 is 10.0 Å². The molecule has 0 heterocycles. The van der Waals surface area contributed by atoms with Gasteiger partial charge >= 0.3 is 0 Å². The van der Waals surface area contributed by atoms with Crippen LogP contribution in [0.25, 0.3) is 0 Å². The van der Waals surface area contributed by atoms with E-state index in [-0.39, 0.29) is 22.1 Å². The second kappa shape index (κ2) is 9.03. The Labute approximate surface area is 193 Å². The average molecular weight is 461 g/mol. The van der Waals surface area contributed by atoms with Crippen molar-refractivity contribution < 1.29 is 17.9 Å². The number of carbonyl (C=O) groups excluding carboxylic acids is 1. The molecular weight excluding hydrogens is 436 g/mol. The molecule has 0 unspecified atom stereocenters. The zero-order valence-electron chi connectivity index (χ0n) is 18.6. The molecule has 0 radical (unpaired) electrons. The first kappa shape index (κ1) is 22.5. The van der Waals surface area contributed by atoms with Crippen LogP contribution in [0.1, 0.15) is 34.0 Å². The maximum Gasteiger partial charge on any atom is 0.282 e. The minimum Gasteiger partial charge on any atom is -0.494 e. The van der Waals surface area contributed by atoms with Gasteiger partial charge in [0, 0.05) is 16.8 Å². The molecule has 0 aliphatic heterocycles. The van der Waals surface area contributed by atoms with E-state index in [9.17, 15) is 13.2 Å². The number of ketones is 1. The fourth-order valence-electron chi connectivity index (χ4n) is 3.57. The highest BCUT2D eigenvalue weighted by Crippen LogP contribution is 2.27. The summed E-state index contributed by atoms with van der Waals surface area (Å²) in [5.74, 6) is 0.363. The summed E-state index contributed by atoms with van der Waals surface area (Å²) in [4.78, 5) is 13.2. The van der Waals surface area contributed by atoms with Crippen LogP contribution in [-0.4, -0.2) is 26.5 Å². The van der Waals surface area contributed by atoms with Crippen LogP contribution in [0.5, 0.6) is 5.75 Å². The Balaban J connectivity index is 1.78. The summed E-state index contributed by atoms with van der Waals surface area (Å²) >= 11 is 0. The van der Waals surface area contributed by atoms with E-state index in [1.165, 1.54) is 18.2 Å². The number of Topliss-reactive ketones (excluding diaryl/α,β-unsaturated/α-hetero) is 1. The normalized spacial score (nSPS) is 14.6. The van der Waals surface area contributed by atoms with Gasteiger partial charge in [0.25, 0.3) is 10.0 Å². The highest BCUT2D eigenvalue weighted by Gasteiger charge is 2.26. The largest absolute Gasteiger partial charge is 0.494 e. The predicted molar refractivity (Wildman–Crippen MR) is 130 cm³/mol. The monoisotopic (exact) mass is 460 g/mol. The second-order valence-corrected chi connectivity index (χ2v) is 9.34. The summed E-state index contributed by atoms with van der Waals surface area (Å²) in [5.41, 5.74) is 4.13. The Kier molecular flexibility index (Phi) is 6.16. The van der Waals surface area contributed by atoms with Crippen LogP contribution in [-0.2, 0) is 10.0 Å². The SMILES string of the molecule is CCOc1ccc(S(=O)(=O)/N=C2/C=C(Nc3cc(C)ccc3C)C(=O)c3ccccc32)cc1. The van der Waals surface area contributed by atoms with Gasteiger partial charge in [-0.1, -0.05) is 36.4 Å². The van der Waals surface area contributed by atoms with Crippen molar-refractivity contribution in [1.82, 2.24) is 0 Å². The average Bonchev–Trinajstić information content (AvgIpc) is 2.80. The Hall–Kier alpha value is -3.71. The van der Waals surface area contributed by atoms with Gasteiger partial charge in [0.1, 0.15) is 5.75 Å². The number of anilines is 1. The standard InChI is InChI=1S/C26H24N2O4S/c1-4-32-19-11-13-20(14-12-19)33(30,31)28-24-16-25(26(29)22-8-6-5-7-21(22)24)27-23-15-17(2)9-10-18(23)3/h5-16,27H,4H2,1-3H3/b28-24-. The predicted octanol–water partition coefficient (Wildman–Crippen LogP) is 5.07. The molecule has 0 atom stereocenters. The van der Waals surface area contributed by atoms with Crippen molar-refractivity contribution in [2.45, 2.75) is 25.7 Å². The molecule has 0 fully saturated rings. The van der Waals surface area contributed by atoms with Gasteiger partial charge in [0.15, 0.2) is 0 Å². The quantitative estimate of drug-likeness (QED) is 0.555. The first-order valence-electron chi connectivity index (χ1n) is 10.6. The molecule has 6 nitrogen and oxygen atoms in total. The van der Waals surface area contributed by atoms with Crippen LogP contribution in [0.2, 0.25) is 0 Å². The van der Waals surface area contributed by atoms with Crippen LogP contribution < -0.4 is 10.1 Å². The van der Waals surface area contributed by atoms with Gasteiger partial charge in [-0.05, 0) is 68.3 Å². The fourth-order valence-corrected chi connectivity index (χ4v) is 4.57. The van der Waals surface area contributed by atoms with Gasteiger partial charge in [-0.25, -0.2) is 0 Å². The fraction of sp³-hybridized carbons (Fsp3) is 0.154. The third-order valence-electron chi connectivity index (χ3n) is 5.29. The summed E-state index contributed by atoms with van der Waals surface area (Å²) in [6.45, 7) is 6.25. The van der Waals surface area contributed by atoms with E-state index >= 15 is 0 Å². The summed E-state index contributed by atoms with van der Waals surface area (Å²) in [5, 5.41) is 3.18. The molecule has 0 aromatic heterocycles. The van der Waals surface area contributed by atoms with Crippen molar-refractivity contribution in [1.29, 1.82) is 0 Å². The number of hydrogen-bond donors (Lipinski definition) is 1. The number of nitrogens with one attached hydrogen (secondary N) is 1. The lowest BCUT2D eigenvalue weighted by atomic mass is 9.92. The molecule has 1 aliphatic rings. The van der Waals surface area contributed by atoms with E-state index in [1.807, 2.05) is 39.0 Å². The van der Waals surface area contributed by atoms with Gasteiger partial charge in [-0.3, -0.25) is 4.79 Å². The van der Waals surface area contributed by atoms with Crippen molar-refractivity contribution in [3.63, 3.8) is 0 Å². The highest BCUT2D eigenvalue weighted by atomic mass is 32.2. The molecule has 1 N–H and O–H groups in total. The zero-order chi connectivity index (χ0) is 23.6. The number of sulfonamides is 1.